The molecule has 0 heterocycles. The van der Waals surface area contributed by atoms with Gasteiger partial charge in [0.2, 0.25) is 10.0 Å². The van der Waals surface area contributed by atoms with Gasteiger partial charge in [0, 0.05) is 12.1 Å². The summed E-state index contributed by atoms with van der Waals surface area (Å²) in [4.78, 5) is 12.5. The average molecular weight is 434 g/mol. The molecule has 30 heavy (non-hydrogen) atoms. The van der Waals surface area contributed by atoms with E-state index in [2.05, 4.69) is 15.4 Å². The second-order valence-corrected chi connectivity index (χ2v) is 9.18. The molecule has 1 saturated carbocycles. The number of hydrogen-bond donors (Lipinski definition) is 4. The molecule has 1 unspecified atom stereocenters. The van der Waals surface area contributed by atoms with Crippen molar-refractivity contribution < 1.29 is 23.1 Å². The first-order valence-electron chi connectivity index (χ1n) is 9.82. The molecule has 2 aromatic carbocycles. The number of amides is 2. The molecule has 8 nitrogen and oxygen atoms in total. The van der Waals surface area contributed by atoms with Crippen molar-refractivity contribution in [3.05, 3.63) is 48.0 Å². The fourth-order valence-corrected chi connectivity index (χ4v) is 4.27. The van der Waals surface area contributed by atoms with Gasteiger partial charge in [-0.05, 0) is 68.5 Å². The number of aryl methyl sites for hydroxylation is 1. The van der Waals surface area contributed by atoms with E-state index in [4.69, 9.17) is 4.74 Å². The van der Waals surface area contributed by atoms with E-state index in [-0.39, 0.29) is 28.4 Å². The van der Waals surface area contributed by atoms with Crippen molar-refractivity contribution in [1.82, 2.24) is 10.0 Å². The summed E-state index contributed by atoms with van der Waals surface area (Å²) in [5.41, 5.74) is 1.34. The Morgan fingerprint density at radius 3 is 2.53 bits per heavy atom. The van der Waals surface area contributed by atoms with Crippen LogP contribution in [0.5, 0.6) is 11.5 Å². The summed E-state index contributed by atoms with van der Waals surface area (Å²) in [6.45, 7) is 1.89. The van der Waals surface area contributed by atoms with Crippen molar-refractivity contribution in [3.8, 4) is 11.5 Å². The summed E-state index contributed by atoms with van der Waals surface area (Å²) in [5.74, 6) is 0.585. The van der Waals surface area contributed by atoms with E-state index in [0.29, 0.717) is 12.2 Å². The fraction of sp³-hybridized carbons (Fsp3) is 0.381. The summed E-state index contributed by atoms with van der Waals surface area (Å²) in [6.07, 6.45) is 3.12. The van der Waals surface area contributed by atoms with E-state index >= 15 is 0 Å². The number of carbonyl (C=O) groups excluding carboxylic acids is 1. The third-order valence-corrected chi connectivity index (χ3v) is 6.33. The lowest BCUT2D eigenvalue weighted by atomic mass is 10.1. The Bertz CT molecular complexity index is 988. The van der Waals surface area contributed by atoms with Gasteiger partial charge in [0.25, 0.3) is 0 Å². The van der Waals surface area contributed by atoms with E-state index in [1.807, 2.05) is 19.1 Å². The van der Waals surface area contributed by atoms with Gasteiger partial charge in [0.15, 0.2) is 0 Å². The second-order valence-electron chi connectivity index (χ2n) is 7.46. The van der Waals surface area contributed by atoms with Crippen LogP contribution in [0.3, 0.4) is 0 Å². The molecule has 2 aromatic rings. The van der Waals surface area contributed by atoms with Crippen LogP contribution in [0.25, 0.3) is 0 Å². The van der Waals surface area contributed by atoms with Gasteiger partial charge in [-0.3, -0.25) is 0 Å². The van der Waals surface area contributed by atoms with Crippen LogP contribution in [0.1, 0.15) is 31.7 Å². The van der Waals surface area contributed by atoms with Crippen LogP contribution in [-0.2, 0) is 16.4 Å². The summed E-state index contributed by atoms with van der Waals surface area (Å²) >= 11 is 0. The van der Waals surface area contributed by atoms with Crippen LogP contribution in [0.4, 0.5) is 10.5 Å². The molecule has 3 rings (SSSR count). The van der Waals surface area contributed by atoms with Crippen molar-refractivity contribution in [2.24, 2.45) is 0 Å². The minimum Gasteiger partial charge on any atom is -0.508 e. The number of benzene rings is 2. The van der Waals surface area contributed by atoms with Crippen LogP contribution in [0.15, 0.2) is 47.4 Å². The normalized spacial score (nSPS) is 14.7. The minimum atomic E-state index is -3.64. The average Bonchev–Trinajstić information content (AvgIpc) is 3.50. The number of methoxy groups -OCH3 is 1. The first-order chi connectivity index (χ1) is 14.3. The van der Waals surface area contributed by atoms with Crippen molar-refractivity contribution >= 4 is 21.7 Å². The number of nitrogens with one attached hydrogen (secondary N) is 3. The van der Waals surface area contributed by atoms with E-state index in [0.717, 1.165) is 24.8 Å². The van der Waals surface area contributed by atoms with Gasteiger partial charge in [-0.25, -0.2) is 17.9 Å². The molecule has 162 valence electrons. The van der Waals surface area contributed by atoms with Gasteiger partial charge in [-0.1, -0.05) is 12.1 Å². The number of sulfonamides is 1. The molecule has 0 saturated heterocycles. The van der Waals surface area contributed by atoms with Gasteiger partial charge in [-0.2, -0.15) is 0 Å². The molecule has 1 aliphatic carbocycles. The standard InChI is InChI=1S/C21H27N3O5S/c1-14(3-4-15-5-9-17(25)10-6-15)22-21(26)23-19-13-18(11-12-20(19)29-2)30(27,28)24-16-7-8-16/h5-6,9-14,16,24-25H,3-4,7-8H2,1-2H3,(H2,22,23,26). The predicted octanol–water partition coefficient (Wildman–Crippen LogP) is 2.98. The molecular weight excluding hydrogens is 406 g/mol. The fourth-order valence-electron chi connectivity index (χ4n) is 2.94. The van der Waals surface area contributed by atoms with Gasteiger partial charge in [0.1, 0.15) is 11.5 Å². The van der Waals surface area contributed by atoms with Gasteiger partial charge < -0.3 is 20.5 Å². The summed E-state index contributed by atoms with van der Waals surface area (Å²) < 4.78 is 32.8. The summed E-state index contributed by atoms with van der Waals surface area (Å²) in [5, 5.41) is 14.9. The Morgan fingerprint density at radius 1 is 1.20 bits per heavy atom. The quantitative estimate of drug-likeness (QED) is 0.485. The minimum absolute atomic E-state index is 0.00811. The molecule has 0 bridgehead atoms. The molecule has 1 atom stereocenters. The molecule has 1 aliphatic rings. The van der Waals surface area contributed by atoms with Crippen molar-refractivity contribution in [2.75, 3.05) is 12.4 Å². The predicted molar refractivity (Wildman–Crippen MR) is 114 cm³/mol. The van der Waals surface area contributed by atoms with Crippen LogP contribution in [0.2, 0.25) is 0 Å². The van der Waals surface area contributed by atoms with Crippen LogP contribution in [-0.4, -0.2) is 38.7 Å². The monoisotopic (exact) mass is 433 g/mol. The van der Waals surface area contributed by atoms with Crippen LogP contribution < -0.4 is 20.1 Å². The number of rotatable bonds is 9. The zero-order valence-corrected chi connectivity index (χ0v) is 17.8. The Hall–Kier alpha value is -2.78. The molecule has 1 fully saturated rings. The molecule has 0 spiro atoms. The first-order valence-corrected chi connectivity index (χ1v) is 11.3. The number of anilines is 1. The maximum atomic E-state index is 12.4. The van der Waals surface area contributed by atoms with E-state index < -0.39 is 16.1 Å². The maximum absolute atomic E-state index is 12.4. The highest BCUT2D eigenvalue weighted by molar-refractivity contribution is 7.89. The molecule has 0 aliphatic heterocycles. The number of ether oxygens (including phenoxy) is 1. The Balaban J connectivity index is 1.60. The summed E-state index contributed by atoms with van der Waals surface area (Å²) in [6, 6.07) is 10.7. The van der Waals surface area contributed by atoms with Crippen molar-refractivity contribution in [2.45, 2.75) is 49.6 Å². The van der Waals surface area contributed by atoms with Gasteiger partial charge >= 0.3 is 6.03 Å². The maximum Gasteiger partial charge on any atom is 0.319 e. The number of carbonyl (C=O) groups is 1. The van der Waals surface area contributed by atoms with Gasteiger partial charge in [-0.15, -0.1) is 0 Å². The van der Waals surface area contributed by atoms with Crippen molar-refractivity contribution in [1.29, 1.82) is 0 Å². The highest BCUT2D eigenvalue weighted by atomic mass is 32.2. The number of aromatic hydroxyl groups is 1. The molecule has 4 N–H and O–H groups in total. The Labute approximate surface area is 176 Å². The van der Waals surface area contributed by atoms with Crippen LogP contribution >= 0.6 is 0 Å². The van der Waals surface area contributed by atoms with E-state index in [1.54, 1.807) is 12.1 Å². The SMILES string of the molecule is COc1ccc(S(=O)(=O)NC2CC2)cc1NC(=O)NC(C)CCc1ccc(O)cc1. The topological polar surface area (TPSA) is 117 Å². The van der Waals surface area contributed by atoms with Crippen LogP contribution in [0, 0.1) is 0 Å². The number of hydrogen-bond acceptors (Lipinski definition) is 5. The number of urea groups is 1. The lowest BCUT2D eigenvalue weighted by Gasteiger charge is -2.17. The largest absolute Gasteiger partial charge is 0.508 e. The molecule has 0 radical (unpaired) electrons. The van der Waals surface area contributed by atoms with Crippen molar-refractivity contribution in [3.63, 3.8) is 0 Å². The highest BCUT2D eigenvalue weighted by Gasteiger charge is 2.28. The Morgan fingerprint density at radius 2 is 1.90 bits per heavy atom. The smallest absolute Gasteiger partial charge is 0.319 e. The zero-order chi connectivity index (χ0) is 21.7. The lowest BCUT2D eigenvalue weighted by molar-refractivity contribution is 0.248. The first kappa shape index (κ1) is 21.9. The Kier molecular flexibility index (Phi) is 6.84. The molecule has 9 heteroatoms. The van der Waals surface area contributed by atoms with E-state index in [9.17, 15) is 18.3 Å². The van der Waals surface area contributed by atoms with Gasteiger partial charge in [0.05, 0.1) is 17.7 Å². The third-order valence-electron chi connectivity index (χ3n) is 4.81. The highest BCUT2D eigenvalue weighted by Crippen LogP contribution is 2.29. The zero-order valence-electron chi connectivity index (χ0n) is 17.0. The number of phenols is 1. The molecule has 2 amide bonds. The number of phenolic OH excluding ortho intramolecular Hbond substituents is 1. The second kappa shape index (κ2) is 9.36. The summed E-state index contributed by atoms with van der Waals surface area (Å²) in [7, 11) is -2.19. The van der Waals surface area contributed by atoms with E-state index in [1.165, 1.54) is 25.3 Å². The lowest BCUT2D eigenvalue weighted by Crippen LogP contribution is -2.36. The molecule has 0 aromatic heterocycles. The third kappa shape index (κ3) is 6.11. The molecular formula is C21H27N3O5S.